The molecule has 1 rings (SSSR count). The van der Waals surface area contributed by atoms with Gasteiger partial charge >= 0.3 is 0 Å². The summed E-state index contributed by atoms with van der Waals surface area (Å²) in [5.74, 6) is -0.703. The molecule has 1 aliphatic heterocycles. The second kappa shape index (κ2) is 57.7. The third-order valence-electron chi connectivity index (χ3n) is 16.7. The maximum Gasteiger partial charge on any atom is 0.249 e. The van der Waals surface area contributed by atoms with Crippen LogP contribution in [0.2, 0.25) is 0 Å². The molecule has 1 aliphatic rings. The SMILES string of the molecule is CCCCCCCCCCC/C=C\C/C=C\CCCCCCCCCCCCCCC(O)C(=O)NC(COC1OC(CO)C(O)C(O)C1O)C(O)C(O)CCC/C=C/CCCCCCCCCCCCCCCCCCCCCC. The van der Waals surface area contributed by atoms with E-state index in [2.05, 4.69) is 55.6 Å². The molecule has 8 N–H and O–H groups in total. The molecular weight excluding hydrogens is 1000 g/mol. The second-order valence-corrected chi connectivity index (χ2v) is 24.2. The number of carbonyl (C=O) groups excluding carboxylic acids is 1. The number of hydrogen-bond acceptors (Lipinski definition) is 10. The summed E-state index contributed by atoms with van der Waals surface area (Å²) in [6, 6.07) is -1.19. The molecule has 0 aliphatic carbocycles. The summed E-state index contributed by atoms with van der Waals surface area (Å²) in [6.45, 7) is 3.49. The average molecular weight is 1130 g/mol. The van der Waals surface area contributed by atoms with E-state index in [9.17, 15) is 40.5 Å². The Bertz CT molecular complexity index is 1390. The molecule has 0 aromatic rings. The highest BCUT2D eigenvalue weighted by molar-refractivity contribution is 5.80. The van der Waals surface area contributed by atoms with Gasteiger partial charge in [-0.15, -0.1) is 0 Å². The van der Waals surface area contributed by atoms with Crippen LogP contribution in [0.25, 0.3) is 0 Å². The van der Waals surface area contributed by atoms with E-state index in [1.54, 1.807) is 0 Å². The Hall–Kier alpha value is -1.67. The summed E-state index contributed by atoms with van der Waals surface area (Å²) >= 11 is 0. The number of aliphatic hydroxyl groups is 7. The molecule has 11 heteroatoms. The minimum atomic E-state index is -1.67. The van der Waals surface area contributed by atoms with Gasteiger partial charge in [-0.25, -0.2) is 0 Å². The van der Waals surface area contributed by atoms with Crippen LogP contribution in [0.1, 0.15) is 328 Å². The number of unbranched alkanes of at least 4 members (excludes halogenated alkanes) is 42. The predicted molar refractivity (Wildman–Crippen MR) is 335 cm³/mol. The smallest absolute Gasteiger partial charge is 0.249 e. The van der Waals surface area contributed by atoms with Crippen LogP contribution in [0.5, 0.6) is 0 Å². The molecule has 1 heterocycles. The molecule has 0 saturated carbocycles. The van der Waals surface area contributed by atoms with E-state index in [0.717, 1.165) is 44.9 Å². The molecule has 472 valence electrons. The van der Waals surface area contributed by atoms with Gasteiger partial charge in [0, 0.05) is 0 Å². The molecule has 9 unspecified atom stereocenters. The topological polar surface area (TPSA) is 189 Å². The molecule has 0 radical (unpaired) electrons. The van der Waals surface area contributed by atoms with Crippen molar-refractivity contribution < 1.29 is 50.0 Å². The molecular formula is C69H131NO10. The van der Waals surface area contributed by atoms with Crippen LogP contribution in [0.3, 0.4) is 0 Å². The normalized spacial score (nSPS) is 19.4. The van der Waals surface area contributed by atoms with Crippen molar-refractivity contribution in [1.29, 1.82) is 0 Å². The van der Waals surface area contributed by atoms with E-state index >= 15 is 0 Å². The van der Waals surface area contributed by atoms with E-state index in [4.69, 9.17) is 9.47 Å². The zero-order valence-electron chi connectivity index (χ0n) is 52.1. The van der Waals surface area contributed by atoms with Gasteiger partial charge in [0.05, 0.1) is 25.4 Å². The number of nitrogens with one attached hydrogen (secondary N) is 1. The minimum absolute atomic E-state index is 0.253. The van der Waals surface area contributed by atoms with Gasteiger partial charge in [0.1, 0.15) is 36.6 Å². The number of amides is 1. The molecule has 1 fully saturated rings. The number of aliphatic hydroxyl groups excluding tert-OH is 7. The van der Waals surface area contributed by atoms with E-state index in [1.807, 2.05) is 0 Å². The lowest BCUT2D eigenvalue weighted by Crippen LogP contribution is -2.60. The third kappa shape index (κ3) is 44.8. The maximum absolute atomic E-state index is 13.2. The van der Waals surface area contributed by atoms with Crippen LogP contribution in [0, 0.1) is 0 Å². The van der Waals surface area contributed by atoms with Crippen molar-refractivity contribution in [2.24, 2.45) is 0 Å². The Morgan fingerprint density at radius 1 is 0.438 bits per heavy atom. The zero-order chi connectivity index (χ0) is 58.2. The van der Waals surface area contributed by atoms with E-state index in [-0.39, 0.29) is 12.8 Å². The molecule has 11 nitrogen and oxygen atoms in total. The highest BCUT2D eigenvalue weighted by Gasteiger charge is 2.44. The molecule has 9 atom stereocenters. The molecule has 1 amide bonds. The van der Waals surface area contributed by atoms with Gasteiger partial charge in [-0.2, -0.15) is 0 Å². The molecule has 0 spiro atoms. The molecule has 0 aromatic carbocycles. The van der Waals surface area contributed by atoms with Crippen LogP contribution in [0.4, 0.5) is 0 Å². The lowest BCUT2D eigenvalue weighted by atomic mass is 9.98. The Morgan fingerprint density at radius 2 is 0.775 bits per heavy atom. The first-order valence-corrected chi connectivity index (χ1v) is 34.4. The van der Waals surface area contributed by atoms with E-state index in [0.29, 0.717) is 12.8 Å². The molecule has 1 saturated heterocycles. The second-order valence-electron chi connectivity index (χ2n) is 24.2. The number of rotatable bonds is 60. The first-order valence-electron chi connectivity index (χ1n) is 34.4. The van der Waals surface area contributed by atoms with Crippen molar-refractivity contribution in [1.82, 2.24) is 5.32 Å². The fourth-order valence-electron chi connectivity index (χ4n) is 11.1. The monoisotopic (exact) mass is 1130 g/mol. The fourth-order valence-corrected chi connectivity index (χ4v) is 11.1. The predicted octanol–water partition coefficient (Wildman–Crippen LogP) is 16.2. The van der Waals surface area contributed by atoms with Crippen LogP contribution < -0.4 is 5.32 Å². The number of carbonyl (C=O) groups is 1. The van der Waals surface area contributed by atoms with Crippen molar-refractivity contribution in [2.45, 2.75) is 384 Å². The average Bonchev–Trinajstić information content (AvgIpc) is 3.47. The Morgan fingerprint density at radius 3 is 1.15 bits per heavy atom. The van der Waals surface area contributed by atoms with Gasteiger partial charge in [0.2, 0.25) is 5.91 Å². The zero-order valence-corrected chi connectivity index (χ0v) is 52.1. The third-order valence-corrected chi connectivity index (χ3v) is 16.7. The lowest BCUT2D eigenvalue weighted by molar-refractivity contribution is -0.303. The number of ether oxygens (including phenoxy) is 2. The van der Waals surface area contributed by atoms with Gasteiger partial charge in [-0.1, -0.05) is 294 Å². The first kappa shape index (κ1) is 76.3. The van der Waals surface area contributed by atoms with Crippen molar-refractivity contribution in [3.05, 3.63) is 36.5 Å². The Labute approximate surface area is 492 Å². The fraction of sp³-hybridized carbons (Fsp3) is 0.899. The summed E-state index contributed by atoms with van der Waals surface area (Å²) in [5, 5.41) is 76.4. The van der Waals surface area contributed by atoms with Crippen molar-refractivity contribution in [2.75, 3.05) is 13.2 Å². The van der Waals surface area contributed by atoms with Crippen molar-refractivity contribution >= 4 is 5.91 Å². The summed E-state index contributed by atoms with van der Waals surface area (Å²) < 4.78 is 11.2. The van der Waals surface area contributed by atoms with Gasteiger partial charge in [0.25, 0.3) is 0 Å². The number of hydrogen-bond donors (Lipinski definition) is 8. The quantitative estimate of drug-likeness (QED) is 0.0215. The molecule has 0 aromatic heterocycles. The summed E-state index contributed by atoms with van der Waals surface area (Å²) in [6.07, 6.45) is 62.2. The van der Waals surface area contributed by atoms with Crippen LogP contribution in [0.15, 0.2) is 36.5 Å². The van der Waals surface area contributed by atoms with Crippen LogP contribution in [-0.4, -0.2) is 110 Å². The van der Waals surface area contributed by atoms with E-state index in [1.165, 1.54) is 244 Å². The Kier molecular flexibility index (Phi) is 55.1. The van der Waals surface area contributed by atoms with Gasteiger partial charge in [-0.3, -0.25) is 4.79 Å². The van der Waals surface area contributed by atoms with Crippen molar-refractivity contribution in [3.8, 4) is 0 Å². The highest BCUT2D eigenvalue weighted by Crippen LogP contribution is 2.24. The van der Waals surface area contributed by atoms with Crippen LogP contribution >= 0.6 is 0 Å². The Balaban J connectivity index is 2.24. The largest absolute Gasteiger partial charge is 0.394 e. The standard InChI is InChI=1S/C69H131NO10/c1-3-5-7-9-11-13-15-17-19-21-23-25-27-29-30-31-33-35-37-39-41-43-45-47-49-51-53-55-57-62(73)68(78)70-60(59-79-69-67(77)66(76)65(75)63(58-71)80-69)64(74)61(72)56-54-52-50-48-46-44-42-40-38-36-34-32-28-26-24-22-20-18-16-14-12-10-8-6-4-2/h23,25,29-30,48,50,60-67,69,71-77H,3-22,24,26-28,31-47,49,51-59H2,1-2H3,(H,70,78)/b25-23-,30-29-,50-48+. The van der Waals surface area contributed by atoms with Crippen molar-refractivity contribution in [3.63, 3.8) is 0 Å². The summed E-state index contributed by atoms with van der Waals surface area (Å²) in [7, 11) is 0. The highest BCUT2D eigenvalue weighted by atomic mass is 16.7. The molecule has 80 heavy (non-hydrogen) atoms. The van der Waals surface area contributed by atoms with Gasteiger partial charge in [-0.05, 0) is 70.6 Å². The van der Waals surface area contributed by atoms with Gasteiger partial charge in [0.15, 0.2) is 6.29 Å². The number of allylic oxidation sites excluding steroid dienone is 6. The van der Waals surface area contributed by atoms with E-state index < -0.39 is 74.2 Å². The summed E-state index contributed by atoms with van der Waals surface area (Å²) in [5.41, 5.74) is 0. The molecule has 0 bridgehead atoms. The lowest BCUT2D eigenvalue weighted by Gasteiger charge is -2.40. The van der Waals surface area contributed by atoms with Gasteiger partial charge < -0.3 is 50.5 Å². The minimum Gasteiger partial charge on any atom is -0.394 e. The maximum atomic E-state index is 13.2. The first-order chi connectivity index (χ1) is 39.2. The summed E-state index contributed by atoms with van der Waals surface area (Å²) in [4.78, 5) is 13.2. The van der Waals surface area contributed by atoms with Crippen LogP contribution in [-0.2, 0) is 14.3 Å².